The van der Waals surface area contributed by atoms with E-state index in [0.717, 1.165) is 21.3 Å². The summed E-state index contributed by atoms with van der Waals surface area (Å²) in [5.74, 6) is 0.150. The molecule has 0 saturated carbocycles. The predicted molar refractivity (Wildman–Crippen MR) is 79.3 cm³/mol. The van der Waals surface area contributed by atoms with Crippen molar-refractivity contribution < 1.29 is 13.5 Å². The highest BCUT2D eigenvalue weighted by molar-refractivity contribution is 9.10. The summed E-state index contributed by atoms with van der Waals surface area (Å²) < 4.78 is 29.7. The van der Waals surface area contributed by atoms with Crippen LogP contribution in [0.1, 0.15) is 11.1 Å². The first kappa shape index (κ1) is 14.8. The summed E-state index contributed by atoms with van der Waals surface area (Å²) in [6.45, 7) is -0.170. The maximum atomic E-state index is 12.1. The molecular formula is C15H14BrF2NO. The molecule has 0 aliphatic carbocycles. The number of hydrogen-bond donors (Lipinski definition) is 1. The van der Waals surface area contributed by atoms with Crippen molar-refractivity contribution in [2.45, 2.75) is 20.1 Å². The molecule has 1 N–H and O–H groups in total. The second-order valence-corrected chi connectivity index (χ2v) is 5.20. The first-order valence-electron chi connectivity index (χ1n) is 6.08. The normalized spacial score (nSPS) is 10.7. The van der Waals surface area contributed by atoms with E-state index in [9.17, 15) is 8.78 Å². The molecule has 0 atom stereocenters. The number of nitrogens with one attached hydrogen (secondary N) is 1. The second kappa shape index (κ2) is 6.70. The summed E-state index contributed by atoms with van der Waals surface area (Å²) >= 11 is 3.45. The first-order valence-corrected chi connectivity index (χ1v) is 6.87. The van der Waals surface area contributed by atoms with Gasteiger partial charge in [0, 0.05) is 22.8 Å². The van der Waals surface area contributed by atoms with E-state index < -0.39 is 6.61 Å². The molecule has 5 heteroatoms. The zero-order valence-corrected chi connectivity index (χ0v) is 12.5. The van der Waals surface area contributed by atoms with Crippen LogP contribution in [0.5, 0.6) is 5.75 Å². The standard InChI is InChI=1S/C15H14BrF2NO/c1-10-7-11(5-6-14(10)16)9-19-12-3-2-4-13(8-12)20-15(17)18/h2-8,15,19H,9H2,1H3. The van der Waals surface area contributed by atoms with Crippen LogP contribution in [0.4, 0.5) is 14.5 Å². The number of anilines is 1. The molecule has 20 heavy (non-hydrogen) atoms. The molecule has 0 saturated heterocycles. The van der Waals surface area contributed by atoms with Crippen LogP contribution in [0.2, 0.25) is 0 Å². The molecule has 0 amide bonds. The fourth-order valence-electron chi connectivity index (χ4n) is 1.80. The van der Waals surface area contributed by atoms with Gasteiger partial charge in [0.05, 0.1) is 0 Å². The predicted octanol–water partition coefficient (Wildman–Crippen LogP) is 4.97. The molecule has 0 radical (unpaired) electrons. The minimum absolute atomic E-state index is 0.150. The van der Waals surface area contributed by atoms with Gasteiger partial charge in [-0.25, -0.2) is 0 Å². The van der Waals surface area contributed by atoms with Crippen LogP contribution < -0.4 is 10.1 Å². The zero-order valence-electron chi connectivity index (χ0n) is 10.9. The lowest BCUT2D eigenvalue weighted by molar-refractivity contribution is -0.0498. The van der Waals surface area contributed by atoms with Crippen molar-refractivity contribution in [1.82, 2.24) is 0 Å². The third kappa shape index (κ3) is 4.20. The third-order valence-corrected chi connectivity index (χ3v) is 3.67. The Kier molecular flexibility index (Phi) is 4.95. The number of alkyl halides is 2. The van der Waals surface area contributed by atoms with E-state index >= 15 is 0 Å². The fraction of sp³-hybridized carbons (Fsp3) is 0.200. The van der Waals surface area contributed by atoms with Crippen molar-refractivity contribution in [3.8, 4) is 5.75 Å². The van der Waals surface area contributed by atoms with E-state index in [2.05, 4.69) is 32.0 Å². The van der Waals surface area contributed by atoms with E-state index in [0.29, 0.717) is 6.54 Å². The van der Waals surface area contributed by atoms with Gasteiger partial charge in [-0.05, 0) is 36.2 Å². The Balaban J connectivity index is 2.01. The molecule has 2 nitrogen and oxygen atoms in total. The highest BCUT2D eigenvalue weighted by Crippen LogP contribution is 2.21. The van der Waals surface area contributed by atoms with Crippen LogP contribution in [-0.4, -0.2) is 6.61 Å². The Labute approximate surface area is 124 Å². The van der Waals surface area contributed by atoms with Gasteiger partial charge in [-0.3, -0.25) is 0 Å². The topological polar surface area (TPSA) is 21.3 Å². The number of halogens is 3. The summed E-state index contributed by atoms with van der Waals surface area (Å²) in [6, 6.07) is 12.6. The molecule has 2 aromatic carbocycles. The number of ether oxygens (including phenoxy) is 1. The van der Waals surface area contributed by atoms with Gasteiger partial charge in [0.2, 0.25) is 0 Å². The molecule has 0 aromatic heterocycles. The van der Waals surface area contributed by atoms with Crippen molar-refractivity contribution in [3.63, 3.8) is 0 Å². The van der Waals surface area contributed by atoms with Gasteiger partial charge in [-0.1, -0.05) is 34.1 Å². The average Bonchev–Trinajstić information content (AvgIpc) is 2.40. The number of hydrogen-bond acceptors (Lipinski definition) is 2. The highest BCUT2D eigenvalue weighted by atomic mass is 79.9. The van der Waals surface area contributed by atoms with E-state index in [1.54, 1.807) is 12.1 Å². The fourth-order valence-corrected chi connectivity index (χ4v) is 2.05. The number of aryl methyl sites for hydroxylation is 1. The van der Waals surface area contributed by atoms with Crippen molar-refractivity contribution in [2.75, 3.05) is 5.32 Å². The van der Waals surface area contributed by atoms with Crippen LogP contribution in [0.25, 0.3) is 0 Å². The van der Waals surface area contributed by atoms with Crippen LogP contribution in [0, 0.1) is 6.92 Å². The van der Waals surface area contributed by atoms with Crippen molar-refractivity contribution >= 4 is 21.6 Å². The minimum atomic E-state index is -2.81. The largest absolute Gasteiger partial charge is 0.435 e. The SMILES string of the molecule is Cc1cc(CNc2cccc(OC(F)F)c2)ccc1Br. The van der Waals surface area contributed by atoms with Crippen molar-refractivity contribution in [3.05, 3.63) is 58.1 Å². The molecule has 0 spiro atoms. The maximum absolute atomic E-state index is 12.1. The van der Waals surface area contributed by atoms with Crippen LogP contribution >= 0.6 is 15.9 Å². The summed E-state index contributed by atoms with van der Waals surface area (Å²) in [6.07, 6.45) is 0. The Morgan fingerprint density at radius 2 is 2.00 bits per heavy atom. The van der Waals surface area contributed by atoms with Crippen LogP contribution in [-0.2, 0) is 6.54 Å². The van der Waals surface area contributed by atoms with Gasteiger partial charge in [0.25, 0.3) is 0 Å². The molecular weight excluding hydrogens is 328 g/mol. The van der Waals surface area contributed by atoms with Crippen LogP contribution in [0.3, 0.4) is 0 Å². The summed E-state index contributed by atoms with van der Waals surface area (Å²) in [5.41, 5.74) is 3.01. The summed E-state index contributed by atoms with van der Waals surface area (Å²) in [7, 11) is 0. The molecule has 0 unspecified atom stereocenters. The molecule has 106 valence electrons. The lowest BCUT2D eigenvalue weighted by atomic mass is 10.1. The van der Waals surface area contributed by atoms with Gasteiger partial charge in [-0.2, -0.15) is 8.78 Å². The number of benzene rings is 2. The molecule has 2 aromatic rings. The Morgan fingerprint density at radius 3 is 2.70 bits per heavy atom. The van der Waals surface area contributed by atoms with E-state index in [1.807, 2.05) is 25.1 Å². The van der Waals surface area contributed by atoms with Gasteiger partial charge in [0.15, 0.2) is 0 Å². The Morgan fingerprint density at radius 1 is 1.20 bits per heavy atom. The van der Waals surface area contributed by atoms with Gasteiger partial charge in [-0.15, -0.1) is 0 Å². The molecule has 0 aliphatic rings. The van der Waals surface area contributed by atoms with Gasteiger partial charge >= 0.3 is 6.61 Å². The third-order valence-electron chi connectivity index (χ3n) is 2.78. The Bertz CT molecular complexity index is 590. The molecule has 0 fully saturated rings. The van der Waals surface area contributed by atoms with Crippen LogP contribution in [0.15, 0.2) is 46.9 Å². The van der Waals surface area contributed by atoms with E-state index in [-0.39, 0.29) is 5.75 Å². The number of rotatable bonds is 5. The lowest BCUT2D eigenvalue weighted by Gasteiger charge is -2.10. The molecule has 0 bridgehead atoms. The quantitative estimate of drug-likeness (QED) is 0.828. The zero-order chi connectivity index (χ0) is 14.5. The van der Waals surface area contributed by atoms with Gasteiger partial charge in [0.1, 0.15) is 5.75 Å². The summed E-state index contributed by atoms with van der Waals surface area (Å²) in [5, 5.41) is 3.18. The highest BCUT2D eigenvalue weighted by Gasteiger charge is 2.04. The maximum Gasteiger partial charge on any atom is 0.387 e. The van der Waals surface area contributed by atoms with Crippen molar-refractivity contribution in [1.29, 1.82) is 0 Å². The average molecular weight is 342 g/mol. The Hall–Kier alpha value is -1.62. The second-order valence-electron chi connectivity index (χ2n) is 4.34. The van der Waals surface area contributed by atoms with Crippen molar-refractivity contribution in [2.24, 2.45) is 0 Å². The van der Waals surface area contributed by atoms with E-state index in [4.69, 9.17) is 0 Å². The lowest BCUT2D eigenvalue weighted by Crippen LogP contribution is -2.03. The smallest absolute Gasteiger partial charge is 0.387 e. The summed E-state index contributed by atoms with van der Waals surface area (Å²) in [4.78, 5) is 0. The molecule has 0 heterocycles. The monoisotopic (exact) mass is 341 g/mol. The molecule has 2 rings (SSSR count). The van der Waals surface area contributed by atoms with Gasteiger partial charge < -0.3 is 10.1 Å². The van der Waals surface area contributed by atoms with E-state index in [1.165, 1.54) is 6.07 Å². The molecule has 0 aliphatic heterocycles. The first-order chi connectivity index (χ1) is 9.54. The minimum Gasteiger partial charge on any atom is -0.435 e.